The fourth-order valence-corrected chi connectivity index (χ4v) is 3.30. The quantitative estimate of drug-likeness (QED) is 0.895. The molecule has 3 rings (SSSR count). The van der Waals surface area contributed by atoms with Gasteiger partial charge in [-0.15, -0.1) is 0 Å². The van der Waals surface area contributed by atoms with Gasteiger partial charge in [0, 0.05) is 38.2 Å². The number of fused-ring (bicyclic) bond motifs is 1. The van der Waals surface area contributed by atoms with Crippen LogP contribution in [0.4, 0.5) is 0 Å². The van der Waals surface area contributed by atoms with Gasteiger partial charge in [-0.1, -0.05) is 6.07 Å². The van der Waals surface area contributed by atoms with Gasteiger partial charge in [-0.2, -0.15) is 0 Å². The van der Waals surface area contributed by atoms with Gasteiger partial charge < -0.3 is 15.2 Å². The minimum absolute atomic E-state index is 0.00542. The molecule has 4 heteroatoms. The lowest BCUT2D eigenvalue weighted by molar-refractivity contribution is 0.0541. The maximum absolute atomic E-state index is 6.34. The van der Waals surface area contributed by atoms with Gasteiger partial charge in [0.25, 0.3) is 0 Å². The molecule has 0 radical (unpaired) electrons. The second-order valence-electron chi connectivity index (χ2n) is 5.54. The molecule has 0 amide bonds. The molecule has 1 unspecified atom stereocenters. The number of rotatable bonds is 3. The number of hydrogen-bond donors (Lipinski definition) is 1. The van der Waals surface area contributed by atoms with Crippen molar-refractivity contribution in [1.29, 1.82) is 0 Å². The van der Waals surface area contributed by atoms with Gasteiger partial charge in [-0.3, -0.25) is 4.90 Å². The monoisotopic (exact) mass is 262 g/mol. The lowest BCUT2D eigenvalue weighted by Gasteiger charge is -2.36. The second-order valence-corrected chi connectivity index (χ2v) is 5.54. The molecule has 1 spiro atoms. The molecule has 19 heavy (non-hydrogen) atoms. The molecule has 0 bridgehead atoms. The summed E-state index contributed by atoms with van der Waals surface area (Å²) in [7, 11) is 1.72. The normalized spacial score (nSPS) is 26.2. The third kappa shape index (κ3) is 2.30. The summed E-state index contributed by atoms with van der Waals surface area (Å²) in [4.78, 5) is 2.41. The smallest absolute Gasteiger partial charge is 0.127 e. The fraction of sp³-hybridized carbons (Fsp3) is 0.600. The minimum atomic E-state index is -0.00542. The predicted octanol–water partition coefficient (Wildman–Crippen LogP) is 1.42. The SMILES string of the molecule is COc1cccc2c1CCC1(CCN(CCN)C1)O2. The Morgan fingerprint density at radius 1 is 1.42 bits per heavy atom. The van der Waals surface area contributed by atoms with Crippen LogP contribution in [0.3, 0.4) is 0 Å². The highest BCUT2D eigenvalue weighted by molar-refractivity contribution is 5.46. The van der Waals surface area contributed by atoms with E-state index in [2.05, 4.69) is 11.0 Å². The van der Waals surface area contributed by atoms with Crippen LogP contribution in [0.5, 0.6) is 11.5 Å². The summed E-state index contributed by atoms with van der Waals surface area (Å²) in [5.74, 6) is 1.95. The highest BCUT2D eigenvalue weighted by Gasteiger charge is 2.42. The summed E-state index contributed by atoms with van der Waals surface area (Å²) in [6, 6.07) is 6.07. The van der Waals surface area contributed by atoms with Crippen molar-refractivity contribution in [1.82, 2.24) is 4.90 Å². The molecular formula is C15H22N2O2. The Bertz CT molecular complexity index is 463. The summed E-state index contributed by atoms with van der Waals surface area (Å²) < 4.78 is 11.8. The maximum atomic E-state index is 6.34. The van der Waals surface area contributed by atoms with Crippen molar-refractivity contribution in [2.75, 3.05) is 33.3 Å². The average molecular weight is 262 g/mol. The van der Waals surface area contributed by atoms with Crippen LogP contribution >= 0.6 is 0 Å². The van der Waals surface area contributed by atoms with Crippen LogP contribution in [0.2, 0.25) is 0 Å². The van der Waals surface area contributed by atoms with Crippen molar-refractivity contribution in [2.45, 2.75) is 24.9 Å². The van der Waals surface area contributed by atoms with E-state index in [1.165, 1.54) is 5.56 Å². The number of benzene rings is 1. The molecule has 2 heterocycles. The summed E-state index contributed by atoms with van der Waals surface area (Å²) in [5, 5.41) is 0. The third-order valence-corrected chi connectivity index (χ3v) is 4.31. The van der Waals surface area contributed by atoms with E-state index in [-0.39, 0.29) is 5.60 Å². The van der Waals surface area contributed by atoms with Crippen molar-refractivity contribution >= 4 is 0 Å². The Balaban J connectivity index is 1.79. The molecule has 104 valence electrons. The Morgan fingerprint density at radius 3 is 3.11 bits per heavy atom. The summed E-state index contributed by atoms with van der Waals surface area (Å²) in [6.07, 6.45) is 3.21. The lowest BCUT2D eigenvalue weighted by atomic mass is 9.90. The van der Waals surface area contributed by atoms with Gasteiger partial charge in [0.1, 0.15) is 17.1 Å². The van der Waals surface area contributed by atoms with Crippen LogP contribution in [0, 0.1) is 0 Å². The molecule has 0 saturated carbocycles. The highest BCUT2D eigenvalue weighted by atomic mass is 16.5. The molecule has 2 aliphatic rings. The molecular weight excluding hydrogens is 240 g/mol. The van der Waals surface area contributed by atoms with Gasteiger partial charge in [0.05, 0.1) is 7.11 Å². The number of methoxy groups -OCH3 is 1. The first-order valence-corrected chi connectivity index (χ1v) is 7.04. The predicted molar refractivity (Wildman–Crippen MR) is 74.8 cm³/mol. The van der Waals surface area contributed by atoms with Gasteiger partial charge in [0.15, 0.2) is 0 Å². The minimum Gasteiger partial charge on any atom is -0.496 e. The molecule has 1 aromatic rings. The van der Waals surface area contributed by atoms with Gasteiger partial charge in [0.2, 0.25) is 0 Å². The second kappa shape index (κ2) is 5.02. The van der Waals surface area contributed by atoms with E-state index in [9.17, 15) is 0 Å². The van der Waals surface area contributed by atoms with E-state index in [0.717, 1.165) is 56.9 Å². The molecule has 0 aromatic heterocycles. The zero-order valence-electron chi connectivity index (χ0n) is 11.5. The Labute approximate surface area is 114 Å². The first kappa shape index (κ1) is 12.8. The molecule has 0 aliphatic carbocycles. The number of nitrogens with zero attached hydrogens (tertiary/aromatic N) is 1. The molecule has 1 aromatic carbocycles. The van der Waals surface area contributed by atoms with Crippen LogP contribution < -0.4 is 15.2 Å². The Hall–Kier alpha value is -1.26. The van der Waals surface area contributed by atoms with E-state index < -0.39 is 0 Å². The highest BCUT2D eigenvalue weighted by Crippen LogP contribution is 2.41. The Kier molecular flexibility index (Phi) is 3.37. The summed E-state index contributed by atoms with van der Waals surface area (Å²) >= 11 is 0. The van der Waals surface area contributed by atoms with Gasteiger partial charge in [-0.05, 0) is 25.0 Å². The van der Waals surface area contributed by atoms with Crippen molar-refractivity contribution in [2.24, 2.45) is 5.73 Å². The van der Waals surface area contributed by atoms with E-state index in [1.54, 1.807) is 7.11 Å². The summed E-state index contributed by atoms with van der Waals surface area (Å²) in [5.41, 5.74) is 6.85. The van der Waals surface area contributed by atoms with E-state index in [1.807, 2.05) is 12.1 Å². The molecule has 4 nitrogen and oxygen atoms in total. The van der Waals surface area contributed by atoms with Crippen LogP contribution in [0.1, 0.15) is 18.4 Å². The van der Waals surface area contributed by atoms with Gasteiger partial charge in [-0.25, -0.2) is 0 Å². The van der Waals surface area contributed by atoms with E-state index in [4.69, 9.17) is 15.2 Å². The van der Waals surface area contributed by atoms with E-state index in [0.29, 0.717) is 0 Å². The maximum Gasteiger partial charge on any atom is 0.127 e. The number of ether oxygens (including phenoxy) is 2. The third-order valence-electron chi connectivity index (χ3n) is 4.31. The molecule has 1 saturated heterocycles. The average Bonchev–Trinajstić information content (AvgIpc) is 2.81. The van der Waals surface area contributed by atoms with Crippen LogP contribution in [-0.2, 0) is 6.42 Å². The largest absolute Gasteiger partial charge is 0.496 e. The first-order chi connectivity index (χ1) is 9.26. The van der Waals surface area contributed by atoms with Crippen LogP contribution in [0.25, 0.3) is 0 Å². The Morgan fingerprint density at radius 2 is 2.32 bits per heavy atom. The van der Waals surface area contributed by atoms with Crippen molar-refractivity contribution in [3.05, 3.63) is 23.8 Å². The molecule has 2 aliphatic heterocycles. The number of nitrogens with two attached hydrogens (primary N) is 1. The molecule has 1 atom stereocenters. The summed E-state index contributed by atoms with van der Waals surface area (Å²) in [6.45, 7) is 3.79. The van der Waals surface area contributed by atoms with E-state index >= 15 is 0 Å². The number of likely N-dealkylation sites (tertiary alicyclic amines) is 1. The lowest BCUT2D eigenvalue weighted by Crippen LogP contribution is -2.43. The standard InChI is InChI=1S/C15H22N2O2/c1-18-13-3-2-4-14-12(13)5-6-15(19-14)7-9-17(11-15)10-8-16/h2-4H,5-11,16H2,1H3. The van der Waals surface area contributed by atoms with Crippen molar-refractivity contribution < 1.29 is 9.47 Å². The molecule has 2 N–H and O–H groups in total. The zero-order chi connectivity index (χ0) is 13.3. The zero-order valence-corrected chi connectivity index (χ0v) is 11.5. The molecule has 1 fully saturated rings. The fourth-order valence-electron chi connectivity index (χ4n) is 3.30. The van der Waals surface area contributed by atoms with Gasteiger partial charge >= 0.3 is 0 Å². The van der Waals surface area contributed by atoms with Crippen molar-refractivity contribution in [3.63, 3.8) is 0 Å². The van der Waals surface area contributed by atoms with Crippen molar-refractivity contribution in [3.8, 4) is 11.5 Å². The van der Waals surface area contributed by atoms with Crippen LogP contribution in [-0.4, -0.2) is 43.8 Å². The topological polar surface area (TPSA) is 47.7 Å². The first-order valence-electron chi connectivity index (χ1n) is 7.04. The van der Waals surface area contributed by atoms with Crippen LogP contribution in [0.15, 0.2) is 18.2 Å². The number of hydrogen-bond acceptors (Lipinski definition) is 4.